The van der Waals surface area contributed by atoms with Gasteiger partial charge in [0.2, 0.25) is 5.91 Å². The molecule has 1 amide bonds. The molecule has 18 heavy (non-hydrogen) atoms. The zero-order valence-corrected chi connectivity index (χ0v) is 11.3. The highest BCUT2D eigenvalue weighted by molar-refractivity contribution is 7.80. The van der Waals surface area contributed by atoms with Gasteiger partial charge >= 0.3 is 0 Å². The maximum absolute atomic E-state index is 11.6. The van der Waals surface area contributed by atoms with Crippen LogP contribution < -0.4 is 16.5 Å². The van der Waals surface area contributed by atoms with E-state index in [-0.39, 0.29) is 17.4 Å². The molecule has 7 heteroatoms. The van der Waals surface area contributed by atoms with Crippen molar-refractivity contribution in [1.29, 1.82) is 0 Å². The lowest BCUT2D eigenvalue weighted by molar-refractivity contribution is -0.115. The first kappa shape index (κ1) is 14.4. The van der Waals surface area contributed by atoms with Crippen LogP contribution in [0, 0.1) is 0 Å². The second kappa shape index (κ2) is 6.93. The maximum atomic E-state index is 11.6. The van der Waals surface area contributed by atoms with Gasteiger partial charge in [0.1, 0.15) is 0 Å². The van der Waals surface area contributed by atoms with E-state index in [2.05, 4.69) is 28.1 Å². The predicted octanol–water partition coefficient (Wildman–Crippen LogP) is 1.88. The molecule has 0 fully saturated rings. The summed E-state index contributed by atoms with van der Waals surface area (Å²) in [5.41, 5.74) is 8.89. The largest absolute Gasteiger partial charge is 0.375 e. The number of benzene rings is 1. The summed E-state index contributed by atoms with van der Waals surface area (Å²) in [6.45, 7) is 1.70. The third-order valence-electron chi connectivity index (χ3n) is 1.90. The predicted molar refractivity (Wildman–Crippen MR) is 77.7 cm³/mol. The van der Waals surface area contributed by atoms with Gasteiger partial charge in [-0.25, -0.2) is 0 Å². The van der Waals surface area contributed by atoms with Crippen molar-refractivity contribution in [2.45, 2.75) is 13.3 Å². The Morgan fingerprint density at radius 3 is 2.61 bits per heavy atom. The summed E-state index contributed by atoms with van der Waals surface area (Å²) in [4.78, 5) is 11.6. The molecule has 0 saturated heterocycles. The minimum absolute atomic E-state index is 0.0625. The van der Waals surface area contributed by atoms with Crippen LogP contribution in [0.4, 0.5) is 5.69 Å². The van der Waals surface area contributed by atoms with Crippen molar-refractivity contribution in [3.05, 3.63) is 29.3 Å². The maximum Gasteiger partial charge on any atom is 0.230 e. The van der Waals surface area contributed by atoms with Crippen LogP contribution in [-0.4, -0.2) is 16.7 Å². The van der Waals surface area contributed by atoms with Crippen LogP contribution in [0.25, 0.3) is 0 Å². The number of amides is 1. The summed E-state index contributed by atoms with van der Waals surface area (Å²) in [5.74, 6) is -0.177. The van der Waals surface area contributed by atoms with Gasteiger partial charge in [-0.3, -0.25) is 10.2 Å². The van der Waals surface area contributed by atoms with E-state index in [9.17, 15) is 4.79 Å². The lowest BCUT2D eigenvalue weighted by Gasteiger charge is -2.05. The quantitative estimate of drug-likeness (QED) is 0.448. The Morgan fingerprint density at radius 2 is 2.06 bits per heavy atom. The number of halogens is 1. The summed E-state index contributed by atoms with van der Waals surface area (Å²) in [6, 6.07) is 6.85. The van der Waals surface area contributed by atoms with Crippen molar-refractivity contribution in [2.75, 3.05) is 5.32 Å². The smallest absolute Gasteiger partial charge is 0.230 e. The molecule has 5 nitrogen and oxygen atoms in total. The number of hydrogen-bond acceptors (Lipinski definition) is 3. The van der Waals surface area contributed by atoms with Gasteiger partial charge < -0.3 is 11.1 Å². The highest BCUT2D eigenvalue weighted by atomic mass is 35.5. The third kappa shape index (κ3) is 5.60. The Balaban J connectivity index is 2.49. The lowest BCUT2D eigenvalue weighted by Crippen LogP contribution is -2.26. The van der Waals surface area contributed by atoms with Gasteiger partial charge in [0.15, 0.2) is 5.11 Å². The molecule has 1 aromatic rings. The Bertz CT molecular complexity index is 472. The SMILES string of the molecule is C/C(CC(=O)Nc1ccc(Cl)cc1)=N\NC(N)=S. The van der Waals surface area contributed by atoms with Crippen LogP contribution in [0.15, 0.2) is 29.4 Å². The molecule has 0 aliphatic heterocycles. The number of rotatable bonds is 4. The molecular weight excluding hydrogens is 272 g/mol. The van der Waals surface area contributed by atoms with Crippen LogP contribution in [0.5, 0.6) is 0 Å². The first-order chi connectivity index (χ1) is 8.47. The second-order valence-corrected chi connectivity index (χ2v) is 4.43. The number of nitrogens with one attached hydrogen (secondary N) is 2. The fourth-order valence-corrected chi connectivity index (χ4v) is 1.33. The van der Waals surface area contributed by atoms with E-state index in [1.165, 1.54) is 0 Å². The van der Waals surface area contributed by atoms with Gasteiger partial charge in [0.05, 0.1) is 6.42 Å². The average Bonchev–Trinajstić information content (AvgIpc) is 2.29. The van der Waals surface area contributed by atoms with Crippen LogP contribution in [-0.2, 0) is 4.79 Å². The van der Waals surface area contributed by atoms with E-state index < -0.39 is 0 Å². The molecule has 0 heterocycles. The van der Waals surface area contributed by atoms with Gasteiger partial charge in [-0.2, -0.15) is 5.10 Å². The van der Waals surface area contributed by atoms with E-state index in [4.69, 9.17) is 17.3 Å². The minimum Gasteiger partial charge on any atom is -0.375 e. The third-order valence-corrected chi connectivity index (χ3v) is 2.24. The molecule has 1 aromatic carbocycles. The van der Waals surface area contributed by atoms with E-state index in [1.807, 2.05) is 0 Å². The number of hydrogen-bond donors (Lipinski definition) is 3. The summed E-state index contributed by atoms with van der Waals surface area (Å²) >= 11 is 10.3. The van der Waals surface area contributed by atoms with Crippen LogP contribution >= 0.6 is 23.8 Å². The standard InChI is InChI=1S/C11H13ClN4OS/c1-7(15-16-11(13)18)6-10(17)14-9-4-2-8(12)3-5-9/h2-5H,6H2,1H3,(H,14,17)(H3,13,16,18)/b15-7+. The summed E-state index contributed by atoms with van der Waals surface area (Å²) < 4.78 is 0. The number of nitrogens with zero attached hydrogens (tertiary/aromatic N) is 1. The molecule has 0 aliphatic rings. The van der Waals surface area contributed by atoms with Gasteiger partial charge in [-0.15, -0.1) is 0 Å². The van der Waals surface area contributed by atoms with Gasteiger partial charge in [0, 0.05) is 16.4 Å². The van der Waals surface area contributed by atoms with Gasteiger partial charge in [-0.1, -0.05) is 11.6 Å². The molecule has 96 valence electrons. The average molecular weight is 285 g/mol. The molecule has 0 aromatic heterocycles. The number of thiocarbonyl (C=S) groups is 1. The van der Waals surface area contributed by atoms with Crippen molar-refractivity contribution in [3.63, 3.8) is 0 Å². The molecule has 1 rings (SSSR count). The van der Waals surface area contributed by atoms with E-state index in [0.29, 0.717) is 16.4 Å². The molecule has 0 aliphatic carbocycles. The molecule has 0 spiro atoms. The Kier molecular flexibility index (Phi) is 5.54. The number of nitrogens with two attached hydrogens (primary N) is 1. The molecule has 4 N–H and O–H groups in total. The van der Waals surface area contributed by atoms with Crippen LogP contribution in [0.1, 0.15) is 13.3 Å². The lowest BCUT2D eigenvalue weighted by atomic mass is 10.2. The summed E-state index contributed by atoms with van der Waals surface area (Å²) in [7, 11) is 0. The number of hydrazone groups is 1. The molecule has 0 bridgehead atoms. The van der Waals surface area contributed by atoms with Crippen molar-refractivity contribution in [3.8, 4) is 0 Å². The summed E-state index contributed by atoms with van der Waals surface area (Å²) in [6.07, 6.45) is 0.151. The molecule has 0 atom stereocenters. The van der Waals surface area contributed by atoms with E-state index in [1.54, 1.807) is 31.2 Å². The first-order valence-electron chi connectivity index (χ1n) is 5.11. The van der Waals surface area contributed by atoms with Crippen molar-refractivity contribution in [2.24, 2.45) is 10.8 Å². The fraction of sp³-hybridized carbons (Fsp3) is 0.182. The van der Waals surface area contributed by atoms with Crippen LogP contribution in [0.2, 0.25) is 5.02 Å². The second-order valence-electron chi connectivity index (χ2n) is 3.55. The molecule has 0 radical (unpaired) electrons. The van der Waals surface area contributed by atoms with Gasteiger partial charge in [-0.05, 0) is 43.4 Å². The Hall–Kier alpha value is -1.66. The van der Waals surface area contributed by atoms with Crippen molar-refractivity contribution < 1.29 is 4.79 Å². The fourth-order valence-electron chi connectivity index (χ4n) is 1.16. The number of anilines is 1. The van der Waals surface area contributed by atoms with E-state index in [0.717, 1.165) is 0 Å². The number of carbonyl (C=O) groups is 1. The summed E-state index contributed by atoms with van der Waals surface area (Å²) in [5, 5.41) is 7.23. The molecule has 0 unspecified atom stereocenters. The highest BCUT2D eigenvalue weighted by Crippen LogP contribution is 2.13. The highest BCUT2D eigenvalue weighted by Gasteiger charge is 2.04. The monoisotopic (exact) mass is 284 g/mol. The minimum atomic E-state index is -0.177. The normalized spacial score (nSPS) is 10.9. The topological polar surface area (TPSA) is 79.5 Å². The number of carbonyl (C=O) groups excluding carboxylic acids is 1. The van der Waals surface area contributed by atoms with Crippen LogP contribution in [0.3, 0.4) is 0 Å². The molecule has 0 saturated carbocycles. The van der Waals surface area contributed by atoms with E-state index >= 15 is 0 Å². The van der Waals surface area contributed by atoms with Crippen molar-refractivity contribution in [1.82, 2.24) is 5.43 Å². The first-order valence-corrected chi connectivity index (χ1v) is 5.90. The Morgan fingerprint density at radius 1 is 1.44 bits per heavy atom. The zero-order valence-electron chi connectivity index (χ0n) is 9.74. The molecular formula is C11H13ClN4OS. The Labute approximate surface area is 115 Å². The van der Waals surface area contributed by atoms with Crippen molar-refractivity contribution >= 4 is 46.2 Å². The van der Waals surface area contributed by atoms with Gasteiger partial charge in [0.25, 0.3) is 0 Å². The zero-order chi connectivity index (χ0) is 13.5.